The number of nitrogens with zero attached hydrogens (tertiary/aromatic N) is 2. The Hall–Kier alpha value is -2.61. The van der Waals surface area contributed by atoms with Crippen LogP contribution < -0.4 is 0 Å². The molecule has 1 amide bonds. The zero-order valence-electron chi connectivity index (χ0n) is 18.7. The normalized spacial score (nSPS) is 19.0. The average molecular weight is 497 g/mol. The number of likely N-dealkylation sites (tertiary alicyclic amines) is 1. The molecule has 2 heterocycles. The van der Waals surface area contributed by atoms with E-state index in [1.807, 2.05) is 24.4 Å². The van der Waals surface area contributed by atoms with Crippen molar-refractivity contribution < 1.29 is 27.9 Å². The van der Waals surface area contributed by atoms with E-state index in [9.17, 15) is 18.0 Å². The Morgan fingerprint density at radius 1 is 1.12 bits per heavy atom. The van der Waals surface area contributed by atoms with Gasteiger partial charge in [0.15, 0.2) is 0 Å². The van der Waals surface area contributed by atoms with Crippen LogP contribution in [0.5, 0.6) is 0 Å². The van der Waals surface area contributed by atoms with Crippen LogP contribution in [0.3, 0.4) is 0 Å². The van der Waals surface area contributed by atoms with Gasteiger partial charge < -0.3 is 10.0 Å². The molecule has 1 saturated carbocycles. The van der Waals surface area contributed by atoms with Gasteiger partial charge in [-0.3, -0.25) is 9.78 Å². The van der Waals surface area contributed by atoms with Crippen LogP contribution in [0.1, 0.15) is 50.5 Å². The van der Waals surface area contributed by atoms with Crippen molar-refractivity contribution in [1.29, 1.82) is 0 Å². The quantitative estimate of drug-likeness (QED) is 0.539. The number of hydrogen-bond acceptors (Lipinski definition) is 3. The Balaban J connectivity index is 0.000000406. The van der Waals surface area contributed by atoms with Crippen LogP contribution in [-0.4, -0.2) is 45.6 Å². The van der Waals surface area contributed by atoms with Gasteiger partial charge in [0.05, 0.1) is 0 Å². The molecular formula is C25H28ClF3N2O3. The minimum absolute atomic E-state index is 0.168. The van der Waals surface area contributed by atoms with E-state index >= 15 is 0 Å². The molecule has 1 aliphatic carbocycles. The van der Waals surface area contributed by atoms with E-state index in [0.717, 1.165) is 47.5 Å². The van der Waals surface area contributed by atoms with E-state index in [1.165, 1.54) is 32.1 Å². The molecule has 1 saturated heterocycles. The van der Waals surface area contributed by atoms with Crippen LogP contribution in [-0.2, 0) is 16.0 Å². The number of pyridine rings is 1. The topological polar surface area (TPSA) is 70.5 Å². The molecule has 9 heteroatoms. The third-order valence-electron chi connectivity index (χ3n) is 6.42. The van der Waals surface area contributed by atoms with Crippen molar-refractivity contribution in [3.8, 4) is 11.1 Å². The van der Waals surface area contributed by atoms with E-state index in [4.69, 9.17) is 21.5 Å². The van der Waals surface area contributed by atoms with Crippen LogP contribution >= 0.6 is 11.6 Å². The number of aromatic nitrogens is 1. The standard InChI is InChI=1S/C23H27ClN2O.C2HF3O2/c24-22-15-19(20-5-4-13-25-16-20)11-9-17(22)8-10-18-12-14-26(23(18)27)21-6-2-1-3-7-21;3-2(4,5)1(6)7/h4-5,9,11,13,15-16,18,21H,1-3,6-8,10,12,14H2;(H,6,7). The Morgan fingerprint density at radius 3 is 2.41 bits per heavy atom. The van der Waals surface area contributed by atoms with Crippen molar-refractivity contribution in [2.45, 2.75) is 63.6 Å². The molecule has 1 N–H and O–H groups in total. The maximum Gasteiger partial charge on any atom is 0.490 e. The number of carboxylic acid groups (broad SMARTS) is 1. The number of rotatable bonds is 5. The molecule has 5 nitrogen and oxygen atoms in total. The first-order chi connectivity index (χ1) is 16.2. The number of hydrogen-bond donors (Lipinski definition) is 1. The Morgan fingerprint density at radius 2 is 1.82 bits per heavy atom. The molecule has 1 aromatic heterocycles. The maximum absolute atomic E-state index is 12.8. The molecule has 2 aromatic rings. The number of benzene rings is 1. The molecule has 2 aliphatic rings. The van der Waals surface area contributed by atoms with Crippen molar-refractivity contribution in [2.24, 2.45) is 5.92 Å². The zero-order valence-corrected chi connectivity index (χ0v) is 19.5. The van der Waals surface area contributed by atoms with Gasteiger partial charge >= 0.3 is 12.1 Å². The number of aryl methyl sites for hydroxylation is 1. The summed E-state index contributed by atoms with van der Waals surface area (Å²) in [6, 6.07) is 10.7. The van der Waals surface area contributed by atoms with Crippen molar-refractivity contribution in [2.75, 3.05) is 6.54 Å². The van der Waals surface area contributed by atoms with Crippen LogP contribution in [0.25, 0.3) is 11.1 Å². The molecule has 34 heavy (non-hydrogen) atoms. The molecule has 0 spiro atoms. The molecule has 1 aromatic carbocycles. The van der Waals surface area contributed by atoms with E-state index in [0.29, 0.717) is 11.9 Å². The summed E-state index contributed by atoms with van der Waals surface area (Å²) in [4.78, 5) is 28.1. The van der Waals surface area contributed by atoms with Crippen molar-refractivity contribution in [3.05, 3.63) is 53.3 Å². The Labute approximate surface area is 201 Å². The molecule has 0 bridgehead atoms. The zero-order chi connectivity index (χ0) is 24.7. The number of aliphatic carboxylic acids is 1. The second-order valence-electron chi connectivity index (χ2n) is 8.70. The van der Waals surface area contributed by atoms with Gasteiger partial charge in [0.2, 0.25) is 5.91 Å². The van der Waals surface area contributed by atoms with Gasteiger partial charge in [0.25, 0.3) is 0 Å². The second kappa shape index (κ2) is 11.7. The van der Waals surface area contributed by atoms with Crippen LogP contribution in [0.2, 0.25) is 5.02 Å². The number of carboxylic acids is 1. The number of amides is 1. The highest BCUT2D eigenvalue weighted by Gasteiger charge is 2.38. The summed E-state index contributed by atoms with van der Waals surface area (Å²) in [6.07, 6.45) is 7.57. The summed E-state index contributed by atoms with van der Waals surface area (Å²) in [7, 11) is 0. The van der Waals surface area contributed by atoms with E-state index in [1.54, 1.807) is 6.20 Å². The van der Waals surface area contributed by atoms with Crippen molar-refractivity contribution in [1.82, 2.24) is 9.88 Å². The third-order valence-corrected chi connectivity index (χ3v) is 6.77. The lowest BCUT2D eigenvalue weighted by Gasteiger charge is -2.31. The maximum atomic E-state index is 12.8. The lowest BCUT2D eigenvalue weighted by molar-refractivity contribution is -0.192. The molecular weight excluding hydrogens is 469 g/mol. The van der Waals surface area contributed by atoms with E-state index in [-0.39, 0.29) is 5.92 Å². The number of carbonyl (C=O) groups excluding carboxylic acids is 1. The summed E-state index contributed by atoms with van der Waals surface area (Å²) in [5.41, 5.74) is 3.28. The molecule has 4 rings (SSSR count). The first-order valence-electron chi connectivity index (χ1n) is 11.5. The summed E-state index contributed by atoms with van der Waals surface area (Å²) < 4.78 is 31.7. The van der Waals surface area contributed by atoms with Gasteiger partial charge in [0, 0.05) is 41.5 Å². The lowest BCUT2D eigenvalue weighted by atomic mass is 9.94. The average Bonchev–Trinajstić information content (AvgIpc) is 3.19. The highest BCUT2D eigenvalue weighted by Crippen LogP contribution is 2.32. The SMILES string of the molecule is O=C(O)C(F)(F)F.O=C1C(CCc2ccc(-c3cccnc3)cc2Cl)CCN1C1CCCCC1. The summed E-state index contributed by atoms with van der Waals surface area (Å²) in [5, 5.41) is 7.91. The molecule has 1 unspecified atom stereocenters. The molecule has 1 aliphatic heterocycles. The Bertz CT molecular complexity index is 979. The van der Waals surface area contributed by atoms with Gasteiger partial charge in [0.1, 0.15) is 0 Å². The second-order valence-corrected chi connectivity index (χ2v) is 9.11. The minimum Gasteiger partial charge on any atom is -0.475 e. The monoisotopic (exact) mass is 496 g/mol. The van der Waals surface area contributed by atoms with Gasteiger partial charge in [-0.1, -0.05) is 49.1 Å². The first-order valence-corrected chi connectivity index (χ1v) is 11.8. The van der Waals surface area contributed by atoms with Crippen molar-refractivity contribution >= 4 is 23.5 Å². The highest BCUT2D eigenvalue weighted by atomic mass is 35.5. The lowest BCUT2D eigenvalue weighted by Crippen LogP contribution is -2.38. The molecule has 2 fully saturated rings. The summed E-state index contributed by atoms with van der Waals surface area (Å²) in [6.45, 7) is 0.946. The fraction of sp³-hybridized carbons (Fsp3) is 0.480. The number of carbonyl (C=O) groups is 2. The van der Waals surface area contributed by atoms with E-state index in [2.05, 4.69) is 22.0 Å². The van der Waals surface area contributed by atoms with E-state index < -0.39 is 12.1 Å². The summed E-state index contributed by atoms with van der Waals surface area (Å²) in [5.74, 6) is -2.21. The Kier molecular flexibility index (Phi) is 8.94. The first kappa shape index (κ1) is 26.0. The minimum atomic E-state index is -5.08. The van der Waals surface area contributed by atoms with Crippen LogP contribution in [0.4, 0.5) is 13.2 Å². The molecule has 1 atom stereocenters. The fourth-order valence-corrected chi connectivity index (χ4v) is 4.85. The number of halogens is 4. The van der Waals surface area contributed by atoms with Gasteiger partial charge in [-0.2, -0.15) is 13.2 Å². The number of alkyl halides is 3. The van der Waals surface area contributed by atoms with Crippen molar-refractivity contribution in [3.63, 3.8) is 0 Å². The smallest absolute Gasteiger partial charge is 0.475 e. The largest absolute Gasteiger partial charge is 0.490 e. The van der Waals surface area contributed by atoms with Crippen LogP contribution in [0.15, 0.2) is 42.7 Å². The fourth-order valence-electron chi connectivity index (χ4n) is 4.58. The van der Waals surface area contributed by atoms with Crippen LogP contribution in [0, 0.1) is 5.92 Å². The predicted octanol–water partition coefficient (Wildman–Crippen LogP) is 6.15. The summed E-state index contributed by atoms with van der Waals surface area (Å²) >= 11 is 6.54. The highest BCUT2D eigenvalue weighted by molar-refractivity contribution is 6.31. The van der Waals surface area contributed by atoms with Gasteiger partial charge in [-0.15, -0.1) is 0 Å². The third kappa shape index (κ3) is 6.95. The van der Waals surface area contributed by atoms with Gasteiger partial charge in [-0.05, 0) is 55.4 Å². The molecule has 0 radical (unpaired) electrons. The van der Waals surface area contributed by atoms with Gasteiger partial charge in [-0.25, -0.2) is 4.79 Å². The molecule has 184 valence electrons. The predicted molar refractivity (Wildman–Crippen MR) is 123 cm³/mol.